The van der Waals surface area contributed by atoms with E-state index < -0.39 is 0 Å². The van der Waals surface area contributed by atoms with Gasteiger partial charge in [-0.05, 0) is 48.4 Å². The molecule has 2 rings (SSSR count). The monoisotopic (exact) mass is 402 g/mol. The molecule has 0 heterocycles. The van der Waals surface area contributed by atoms with E-state index in [0.717, 1.165) is 26.4 Å². The summed E-state index contributed by atoms with van der Waals surface area (Å²) in [5, 5.41) is 0.722. The third-order valence-corrected chi connectivity index (χ3v) is 4.39. The number of halogens is 3. The van der Waals surface area contributed by atoms with Crippen LogP contribution in [0.5, 0.6) is 5.75 Å². The predicted octanol–water partition coefficient (Wildman–Crippen LogP) is 5.99. The van der Waals surface area contributed by atoms with E-state index >= 15 is 0 Å². The van der Waals surface area contributed by atoms with Gasteiger partial charge in [-0.15, -0.1) is 0 Å². The lowest BCUT2D eigenvalue weighted by atomic mass is 10.0. The highest BCUT2D eigenvalue weighted by molar-refractivity contribution is 9.10. The highest BCUT2D eigenvalue weighted by Crippen LogP contribution is 2.34. The van der Waals surface area contributed by atoms with Gasteiger partial charge in [0.25, 0.3) is 0 Å². The fraction of sp³-hybridized carbons (Fsp3) is 0.200. The van der Waals surface area contributed by atoms with Crippen LogP contribution in [0.1, 0.15) is 22.9 Å². The summed E-state index contributed by atoms with van der Waals surface area (Å²) in [6.45, 7) is 2.66. The van der Waals surface area contributed by atoms with E-state index in [9.17, 15) is 0 Å². The summed E-state index contributed by atoms with van der Waals surface area (Å²) in [6.07, 6.45) is 0. The van der Waals surface area contributed by atoms with Crippen LogP contribution in [0.15, 0.2) is 46.9 Å². The second-order valence-electron chi connectivity index (χ2n) is 4.07. The van der Waals surface area contributed by atoms with Crippen LogP contribution in [0, 0.1) is 0 Å². The van der Waals surface area contributed by atoms with Crippen molar-refractivity contribution >= 4 is 43.5 Å². The van der Waals surface area contributed by atoms with Crippen molar-refractivity contribution in [3.8, 4) is 5.75 Å². The molecule has 19 heavy (non-hydrogen) atoms. The Morgan fingerprint density at radius 3 is 2.37 bits per heavy atom. The van der Waals surface area contributed by atoms with Gasteiger partial charge >= 0.3 is 0 Å². The first kappa shape index (κ1) is 14.9. The van der Waals surface area contributed by atoms with Crippen LogP contribution in [-0.4, -0.2) is 6.61 Å². The smallest absolute Gasteiger partial charge is 0.119 e. The summed E-state index contributed by atoms with van der Waals surface area (Å²) in [5.74, 6) is 0.887. The first-order chi connectivity index (χ1) is 9.10. The minimum absolute atomic E-state index is 0.109. The van der Waals surface area contributed by atoms with Crippen LogP contribution in [0.3, 0.4) is 0 Å². The summed E-state index contributed by atoms with van der Waals surface area (Å²) in [7, 11) is 0. The van der Waals surface area contributed by atoms with Gasteiger partial charge in [-0.3, -0.25) is 0 Å². The van der Waals surface area contributed by atoms with E-state index in [4.69, 9.17) is 16.3 Å². The fourth-order valence-electron chi connectivity index (χ4n) is 1.81. The standard InChI is InChI=1S/C15H13Br2ClO/c1-2-19-14-5-3-10(4-6-14)15(17)11-7-12(16)9-13(18)8-11/h3-9,15H,2H2,1H3. The van der Waals surface area contributed by atoms with Crippen molar-refractivity contribution in [1.29, 1.82) is 0 Å². The second-order valence-corrected chi connectivity index (χ2v) is 6.34. The number of ether oxygens (including phenoxy) is 1. The molecule has 0 saturated heterocycles. The van der Waals surface area contributed by atoms with Crippen molar-refractivity contribution in [3.63, 3.8) is 0 Å². The molecule has 0 radical (unpaired) electrons. The minimum Gasteiger partial charge on any atom is -0.494 e. The third-order valence-electron chi connectivity index (χ3n) is 2.66. The molecule has 2 aromatic rings. The Bertz CT molecular complexity index is 534. The Morgan fingerprint density at radius 2 is 1.79 bits per heavy atom. The van der Waals surface area contributed by atoms with Crippen LogP contribution in [0.2, 0.25) is 5.02 Å². The van der Waals surface area contributed by atoms with Gasteiger partial charge in [-0.1, -0.05) is 55.6 Å². The summed E-state index contributed by atoms with van der Waals surface area (Å²) in [4.78, 5) is 0.109. The molecule has 4 heteroatoms. The van der Waals surface area contributed by atoms with Gasteiger partial charge < -0.3 is 4.74 Å². The van der Waals surface area contributed by atoms with E-state index in [1.165, 1.54) is 0 Å². The Balaban J connectivity index is 2.25. The van der Waals surface area contributed by atoms with E-state index in [1.54, 1.807) is 0 Å². The minimum atomic E-state index is 0.109. The molecule has 1 nitrogen and oxygen atoms in total. The predicted molar refractivity (Wildman–Crippen MR) is 87.5 cm³/mol. The normalized spacial score (nSPS) is 12.2. The zero-order valence-corrected chi connectivity index (χ0v) is 14.3. The summed E-state index contributed by atoms with van der Waals surface area (Å²) >= 11 is 13.2. The number of alkyl halides is 1. The Hall–Kier alpha value is -0.510. The topological polar surface area (TPSA) is 9.23 Å². The van der Waals surface area contributed by atoms with Gasteiger partial charge in [-0.2, -0.15) is 0 Å². The summed E-state index contributed by atoms with van der Waals surface area (Å²) < 4.78 is 6.42. The van der Waals surface area contributed by atoms with Gasteiger partial charge in [-0.25, -0.2) is 0 Å². The molecule has 0 amide bonds. The molecule has 0 aliphatic carbocycles. The molecule has 1 unspecified atom stereocenters. The molecule has 0 bridgehead atoms. The Labute approximate surface area is 135 Å². The fourth-order valence-corrected chi connectivity index (χ4v) is 3.27. The molecule has 2 aromatic carbocycles. The number of rotatable bonds is 4. The molecule has 0 aromatic heterocycles. The van der Waals surface area contributed by atoms with E-state index in [0.29, 0.717) is 6.61 Å². The number of benzene rings is 2. The van der Waals surface area contributed by atoms with Gasteiger partial charge in [0, 0.05) is 9.50 Å². The summed E-state index contributed by atoms with van der Waals surface area (Å²) in [6, 6.07) is 14.0. The SMILES string of the molecule is CCOc1ccc(C(Br)c2cc(Cl)cc(Br)c2)cc1. The van der Waals surface area contributed by atoms with E-state index in [1.807, 2.05) is 31.2 Å². The van der Waals surface area contributed by atoms with Gasteiger partial charge in [0.15, 0.2) is 0 Å². The largest absolute Gasteiger partial charge is 0.494 e. The maximum Gasteiger partial charge on any atom is 0.119 e. The van der Waals surface area contributed by atoms with Crippen LogP contribution in [0.25, 0.3) is 0 Å². The molecule has 0 aliphatic heterocycles. The molecular weight excluding hydrogens is 391 g/mol. The van der Waals surface area contributed by atoms with Crippen molar-refractivity contribution in [2.45, 2.75) is 11.8 Å². The number of hydrogen-bond donors (Lipinski definition) is 0. The first-order valence-electron chi connectivity index (χ1n) is 5.93. The van der Waals surface area contributed by atoms with Crippen molar-refractivity contribution in [1.82, 2.24) is 0 Å². The van der Waals surface area contributed by atoms with Gasteiger partial charge in [0.2, 0.25) is 0 Å². The van der Waals surface area contributed by atoms with Crippen LogP contribution < -0.4 is 4.74 Å². The zero-order valence-electron chi connectivity index (χ0n) is 10.4. The second kappa shape index (κ2) is 6.78. The Morgan fingerprint density at radius 1 is 1.11 bits per heavy atom. The van der Waals surface area contributed by atoms with E-state index in [-0.39, 0.29) is 4.83 Å². The maximum absolute atomic E-state index is 6.08. The summed E-state index contributed by atoms with van der Waals surface area (Å²) in [5.41, 5.74) is 2.28. The molecule has 0 fully saturated rings. The highest BCUT2D eigenvalue weighted by atomic mass is 79.9. The highest BCUT2D eigenvalue weighted by Gasteiger charge is 2.11. The van der Waals surface area contributed by atoms with Crippen molar-refractivity contribution < 1.29 is 4.74 Å². The molecule has 100 valence electrons. The lowest BCUT2D eigenvalue weighted by Gasteiger charge is -2.12. The van der Waals surface area contributed by atoms with Crippen molar-refractivity contribution in [3.05, 3.63) is 63.1 Å². The molecule has 0 saturated carbocycles. The molecule has 1 atom stereocenters. The van der Waals surface area contributed by atoms with Gasteiger partial charge in [0.05, 0.1) is 11.4 Å². The lowest BCUT2D eigenvalue weighted by molar-refractivity contribution is 0.340. The van der Waals surface area contributed by atoms with Crippen LogP contribution in [0.4, 0.5) is 0 Å². The average molecular weight is 405 g/mol. The maximum atomic E-state index is 6.08. The number of hydrogen-bond acceptors (Lipinski definition) is 1. The van der Waals surface area contributed by atoms with Crippen LogP contribution >= 0.6 is 43.5 Å². The molecular formula is C15H13Br2ClO. The molecule has 0 spiro atoms. The third kappa shape index (κ3) is 3.98. The van der Waals surface area contributed by atoms with Crippen LogP contribution in [-0.2, 0) is 0 Å². The Kier molecular flexibility index (Phi) is 5.31. The van der Waals surface area contributed by atoms with Crippen molar-refractivity contribution in [2.75, 3.05) is 6.61 Å². The average Bonchev–Trinajstić information content (AvgIpc) is 2.38. The van der Waals surface area contributed by atoms with Gasteiger partial charge in [0.1, 0.15) is 5.75 Å². The quantitative estimate of drug-likeness (QED) is 0.569. The molecule has 0 N–H and O–H groups in total. The van der Waals surface area contributed by atoms with E-state index in [2.05, 4.69) is 50.1 Å². The zero-order chi connectivity index (χ0) is 13.8. The van der Waals surface area contributed by atoms with Crippen molar-refractivity contribution in [2.24, 2.45) is 0 Å². The lowest BCUT2D eigenvalue weighted by Crippen LogP contribution is -1.95. The molecule has 0 aliphatic rings. The first-order valence-corrected chi connectivity index (χ1v) is 8.01.